The molecule has 0 spiro atoms. The number of nitrogens with two attached hydrogens (primary N) is 1. The number of ether oxygens (including phenoxy) is 3. The molecule has 0 aliphatic carbocycles. The maximum absolute atomic E-state index is 11.9. The molecular weight excluding hydrogens is 371 g/mol. The Hall–Kier alpha value is -3.80. The highest BCUT2D eigenvalue weighted by molar-refractivity contribution is 5.88. The lowest BCUT2D eigenvalue weighted by molar-refractivity contribution is 0.355. The van der Waals surface area contributed by atoms with Crippen molar-refractivity contribution in [1.29, 1.82) is 0 Å². The summed E-state index contributed by atoms with van der Waals surface area (Å²) in [6, 6.07) is 20.7. The van der Waals surface area contributed by atoms with Gasteiger partial charge >= 0.3 is 0 Å². The average Bonchev–Trinajstić information content (AvgIpc) is 2.75. The van der Waals surface area contributed by atoms with Crippen molar-refractivity contribution in [3.8, 4) is 23.0 Å². The Labute approximate surface area is 168 Å². The van der Waals surface area contributed by atoms with Crippen molar-refractivity contribution in [1.82, 2.24) is 4.98 Å². The van der Waals surface area contributed by atoms with Crippen molar-refractivity contribution in [2.24, 2.45) is 0 Å². The number of nitrogens with zero attached hydrogens (tertiary/aromatic N) is 1. The highest BCUT2D eigenvalue weighted by Crippen LogP contribution is 2.36. The predicted molar refractivity (Wildman–Crippen MR) is 112 cm³/mol. The van der Waals surface area contributed by atoms with Gasteiger partial charge in [0.2, 0.25) is 0 Å². The maximum Gasteiger partial charge on any atom is 0.162 e. The van der Waals surface area contributed by atoms with Crippen LogP contribution in [0.1, 0.15) is 0 Å². The van der Waals surface area contributed by atoms with Crippen LogP contribution in [0, 0.1) is 5.82 Å². The first-order valence-corrected chi connectivity index (χ1v) is 8.85. The van der Waals surface area contributed by atoms with Crippen LogP contribution in [0.4, 0.5) is 10.1 Å². The van der Waals surface area contributed by atoms with E-state index in [1.54, 1.807) is 50.7 Å². The van der Waals surface area contributed by atoms with Crippen LogP contribution in [0.3, 0.4) is 0 Å². The van der Waals surface area contributed by atoms with Crippen LogP contribution in [0.5, 0.6) is 23.0 Å². The number of benzene rings is 3. The smallest absolute Gasteiger partial charge is 0.162 e. The molecule has 0 amide bonds. The van der Waals surface area contributed by atoms with Gasteiger partial charge in [0.1, 0.15) is 17.3 Å². The number of rotatable bonds is 4. The molecule has 148 valence electrons. The molecule has 4 aromatic rings. The number of hydrogen-bond acceptors (Lipinski definition) is 5. The van der Waals surface area contributed by atoms with E-state index in [1.165, 1.54) is 12.1 Å². The highest BCUT2D eigenvalue weighted by atomic mass is 19.1. The molecule has 0 saturated carbocycles. The van der Waals surface area contributed by atoms with Gasteiger partial charge in [-0.1, -0.05) is 18.2 Å². The Kier molecular flexibility index (Phi) is 6.47. The first-order valence-electron chi connectivity index (χ1n) is 8.85. The number of methoxy groups -OCH3 is 2. The summed E-state index contributed by atoms with van der Waals surface area (Å²) in [5.41, 5.74) is 7.15. The number of pyridine rings is 1. The number of aromatic nitrogens is 1. The highest BCUT2D eigenvalue weighted by Gasteiger charge is 2.11. The summed E-state index contributed by atoms with van der Waals surface area (Å²) in [6.45, 7) is 0. The molecule has 0 atom stereocenters. The number of hydrogen-bond donors (Lipinski definition) is 1. The first kappa shape index (κ1) is 19.9. The van der Waals surface area contributed by atoms with E-state index in [0.29, 0.717) is 28.7 Å². The van der Waals surface area contributed by atoms with E-state index in [-0.39, 0.29) is 5.82 Å². The maximum atomic E-state index is 11.9. The SMILES string of the molecule is COc1cc2nccc(Oc3ccc(N)cc3)c2cc1OC.Fc1ccccc1. The molecule has 0 unspecified atom stereocenters. The molecule has 1 heterocycles. The lowest BCUT2D eigenvalue weighted by atomic mass is 10.2. The Morgan fingerprint density at radius 1 is 0.793 bits per heavy atom. The van der Waals surface area contributed by atoms with Gasteiger partial charge in [-0.2, -0.15) is 0 Å². The lowest BCUT2D eigenvalue weighted by Gasteiger charge is -2.12. The molecule has 0 saturated heterocycles. The van der Waals surface area contributed by atoms with Crippen molar-refractivity contribution >= 4 is 16.6 Å². The molecule has 3 aromatic carbocycles. The van der Waals surface area contributed by atoms with Gasteiger partial charge in [-0.15, -0.1) is 0 Å². The number of fused-ring (bicyclic) bond motifs is 1. The van der Waals surface area contributed by atoms with Crippen molar-refractivity contribution in [3.05, 3.63) is 84.8 Å². The Bertz CT molecular complexity index is 1070. The lowest BCUT2D eigenvalue weighted by Crippen LogP contribution is -1.93. The molecule has 0 bridgehead atoms. The fourth-order valence-electron chi connectivity index (χ4n) is 2.61. The summed E-state index contributed by atoms with van der Waals surface area (Å²) >= 11 is 0. The molecule has 1 aromatic heterocycles. The first-order chi connectivity index (χ1) is 14.1. The topological polar surface area (TPSA) is 66.6 Å². The molecule has 2 N–H and O–H groups in total. The summed E-state index contributed by atoms with van der Waals surface area (Å²) in [6.07, 6.45) is 1.70. The second-order valence-electron chi connectivity index (χ2n) is 6.00. The summed E-state index contributed by atoms with van der Waals surface area (Å²) in [7, 11) is 3.19. The third-order valence-electron chi connectivity index (χ3n) is 4.05. The van der Waals surface area contributed by atoms with Crippen LogP contribution in [0.2, 0.25) is 0 Å². The summed E-state index contributed by atoms with van der Waals surface area (Å²) in [5, 5.41) is 0.844. The van der Waals surface area contributed by atoms with Crippen molar-refractivity contribution in [3.63, 3.8) is 0 Å². The van der Waals surface area contributed by atoms with E-state index in [0.717, 1.165) is 10.9 Å². The Morgan fingerprint density at radius 2 is 1.45 bits per heavy atom. The molecule has 4 rings (SSSR count). The molecule has 0 radical (unpaired) electrons. The van der Waals surface area contributed by atoms with Gasteiger partial charge in [-0.3, -0.25) is 4.98 Å². The second kappa shape index (κ2) is 9.41. The minimum Gasteiger partial charge on any atom is -0.493 e. The van der Waals surface area contributed by atoms with Crippen LogP contribution < -0.4 is 19.9 Å². The zero-order chi connectivity index (χ0) is 20.6. The van der Waals surface area contributed by atoms with Crippen LogP contribution in [0.15, 0.2) is 79.0 Å². The molecule has 6 heteroatoms. The minimum atomic E-state index is -0.178. The Balaban J connectivity index is 0.000000290. The Morgan fingerprint density at radius 3 is 2.03 bits per heavy atom. The zero-order valence-corrected chi connectivity index (χ0v) is 16.1. The van der Waals surface area contributed by atoms with E-state index < -0.39 is 0 Å². The normalized spacial score (nSPS) is 10.0. The van der Waals surface area contributed by atoms with Gasteiger partial charge in [-0.05, 0) is 48.5 Å². The molecular formula is C23H21FN2O3. The summed E-state index contributed by atoms with van der Waals surface area (Å²) in [5.74, 6) is 2.48. The second-order valence-corrected chi connectivity index (χ2v) is 6.00. The van der Waals surface area contributed by atoms with Crippen LogP contribution in [-0.2, 0) is 0 Å². The van der Waals surface area contributed by atoms with Crippen molar-refractivity contribution in [2.45, 2.75) is 0 Å². The van der Waals surface area contributed by atoms with Gasteiger partial charge in [-0.25, -0.2) is 4.39 Å². The van der Waals surface area contributed by atoms with Crippen molar-refractivity contribution < 1.29 is 18.6 Å². The van der Waals surface area contributed by atoms with E-state index >= 15 is 0 Å². The number of anilines is 1. The van der Waals surface area contributed by atoms with E-state index in [4.69, 9.17) is 19.9 Å². The van der Waals surface area contributed by atoms with E-state index in [9.17, 15) is 4.39 Å². The fourth-order valence-corrected chi connectivity index (χ4v) is 2.61. The summed E-state index contributed by atoms with van der Waals surface area (Å²) in [4.78, 5) is 4.35. The standard InChI is InChI=1S/C17H16N2O3.C6H5F/c1-20-16-9-13-14(10-17(16)21-2)19-8-7-15(13)22-12-5-3-11(18)4-6-12;7-6-4-2-1-3-5-6/h3-10H,18H2,1-2H3;1-5H. The molecule has 0 aliphatic heterocycles. The van der Waals surface area contributed by atoms with E-state index in [2.05, 4.69) is 4.98 Å². The van der Waals surface area contributed by atoms with Crippen molar-refractivity contribution in [2.75, 3.05) is 20.0 Å². The molecule has 0 aliphatic rings. The largest absolute Gasteiger partial charge is 0.493 e. The molecule has 0 fully saturated rings. The number of halogens is 1. The molecule has 29 heavy (non-hydrogen) atoms. The molecule has 5 nitrogen and oxygen atoms in total. The third-order valence-corrected chi connectivity index (χ3v) is 4.05. The quantitative estimate of drug-likeness (QED) is 0.468. The predicted octanol–water partition coefficient (Wildman–Crippen LogP) is 5.45. The van der Waals surface area contributed by atoms with Crippen LogP contribution in [-0.4, -0.2) is 19.2 Å². The zero-order valence-electron chi connectivity index (χ0n) is 16.1. The monoisotopic (exact) mass is 392 g/mol. The van der Waals surface area contributed by atoms with Gasteiger partial charge in [0.15, 0.2) is 11.5 Å². The minimum absolute atomic E-state index is 0.178. The van der Waals surface area contributed by atoms with Gasteiger partial charge in [0.05, 0.1) is 19.7 Å². The van der Waals surface area contributed by atoms with Crippen LogP contribution in [0.25, 0.3) is 10.9 Å². The van der Waals surface area contributed by atoms with E-state index in [1.807, 2.05) is 30.3 Å². The van der Waals surface area contributed by atoms with Gasteiger partial charge < -0.3 is 19.9 Å². The summed E-state index contributed by atoms with van der Waals surface area (Å²) < 4.78 is 28.5. The van der Waals surface area contributed by atoms with Crippen LogP contribution >= 0.6 is 0 Å². The van der Waals surface area contributed by atoms with Gasteiger partial charge in [0.25, 0.3) is 0 Å². The third kappa shape index (κ3) is 5.13. The number of nitrogen functional groups attached to an aromatic ring is 1. The average molecular weight is 392 g/mol. The van der Waals surface area contributed by atoms with Gasteiger partial charge in [0, 0.05) is 23.3 Å². The fraction of sp³-hybridized carbons (Fsp3) is 0.0870.